The van der Waals surface area contributed by atoms with Crippen molar-refractivity contribution in [2.45, 2.75) is 25.2 Å². The van der Waals surface area contributed by atoms with Crippen LogP contribution in [0.3, 0.4) is 0 Å². The largest absolute Gasteiger partial charge is 0.336 e. The second kappa shape index (κ2) is 7.87. The number of carbonyl (C=O) groups excluding carboxylic acids is 1. The van der Waals surface area contributed by atoms with Crippen molar-refractivity contribution in [3.8, 4) is 0 Å². The molecule has 0 unspecified atom stereocenters. The monoisotopic (exact) mass is 390 g/mol. The van der Waals surface area contributed by atoms with Gasteiger partial charge in [0.1, 0.15) is 4.90 Å². The first-order chi connectivity index (χ1) is 11.3. The predicted molar refractivity (Wildman–Crippen MR) is 95.8 cm³/mol. The molecule has 5 nitrogen and oxygen atoms in total. The van der Waals surface area contributed by atoms with Crippen LogP contribution in [0.25, 0.3) is 0 Å². The van der Waals surface area contributed by atoms with Gasteiger partial charge in [0.25, 0.3) is 0 Å². The Kier molecular flexibility index (Phi) is 6.31. The molecular formula is C16H20Cl2N2O3S. The number of benzene rings is 1. The van der Waals surface area contributed by atoms with E-state index in [1.165, 1.54) is 16.4 Å². The van der Waals surface area contributed by atoms with E-state index < -0.39 is 10.0 Å². The summed E-state index contributed by atoms with van der Waals surface area (Å²) in [4.78, 5) is 13.9. The minimum Gasteiger partial charge on any atom is -0.336 e. The highest BCUT2D eigenvalue weighted by molar-refractivity contribution is 7.89. The Bertz CT molecular complexity index is 734. The standard InChI is InChI=1S/C16H20Cl2N2O3S/c1-3-5-12(2)16(21)19-8-10-20(11-9-19)24(22,23)15-13(17)6-4-7-14(15)18/h4-7H,3,8-11H2,1-2H3/b12-5-. The van der Waals surface area contributed by atoms with E-state index in [2.05, 4.69) is 0 Å². The number of nitrogens with zero attached hydrogens (tertiary/aromatic N) is 2. The second-order valence-corrected chi connectivity index (χ2v) is 8.23. The van der Waals surface area contributed by atoms with Crippen LogP contribution in [-0.2, 0) is 14.8 Å². The molecule has 0 radical (unpaired) electrons. The van der Waals surface area contributed by atoms with Crippen molar-refractivity contribution in [1.29, 1.82) is 0 Å². The maximum absolute atomic E-state index is 12.8. The van der Waals surface area contributed by atoms with E-state index >= 15 is 0 Å². The number of sulfonamides is 1. The molecule has 24 heavy (non-hydrogen) atoms. The molecule has 0 atom stereocenters. The zero-order chi connectivity index (χ0) is 17.9. The Hall–Kier alpha value is -1.08. The van der Waals surface area contributed by atoms with Gasteiger partial charge in [-0.1, -0.05) is 42.3 Å². The number of rotatable bonds is 4. The fraction of sp³-hybridized carbons (Fsp3) is 0.438. The highest BCUT2D eigenvalue weighted by Crippen LogP contribution is 2.31. The van der Waals surface area contributed by atoms with E-state index in [0.29, 0.717) is 18.7 Å². The molecule has 1 aromatic carbocycles. The molecule has 1 amide bonds. The van der Waals surface area contributed by atoms with Gasteiger partial charge in [-0.15, -0.1) is 0 Å². The summed E-state index contributed by atoms with van der Waals surface area (Å²) in [5, 5.41) is 0.199. The molecule has 1 heterocycles. The molecular weight excluding hydrogens is 371 g/mol. The number of hydrogen-bond acceptors (Lipinski definition) is 3. The molecule has 0 spiro atoms. The summed E-state index contributed by atoms with van der Waals surface area (Å²) in [5.74, 6) is -0.0512. The average Bonchev–Trinajstić information content (AvgIpc) is 2.54. The Balaban J connectivity index is 2.15. The Labute approximate surface area is 152 Å². The fourth-order valence-electron chi connectivity index (χ4n) is 2.63. The number of hydrogen-bond donors (Lipinski definition) is 0. The van der Waals surface area contributed by atoms with Crippen molar-refractivity contribution < 1.29 is 13.2 Å². The van der Waals surface area contributed by atoms with E-state index in [9.17, 15) is 13.2 Å². The van der Waals surface area contributed by atoms with Gasteiger partial charge in [-0.05, 0) is 25.5 Å². The van der Waals surface area contributed by atoms with Crippen LogP contribution < -0.4 is 0 Å². The minimum absolute atomic E-state index is 0.0512. The van der Waals surface area contributed by atoms with Crippen LogP contribution in [0, 0.1) is 0 Å². The normalized spacial score (nSPS) is 17.2. The van der Waals surface area contributed by atoms with Crippen molar-refractivity contribution >= 4 is 39.1 Å². The molecule has 0 aliphatic carbocycles. The first-order valence-electron chi connectivity index (χ1n) is 7.69. The molecule has 1 aromatic rings. The third-order valence-corrected chi connectivity index (χ3v) is 6.75. The zero-order valence-corrected chi connectivity index (χ0v) is 16.0. The molecule has 1 aliphatic rings. The van der Waals surface area contributed by atoms with Crippen LogP contribution in [0.15, 0.2) is 34.7 Å². The third-order valence-electron chi connectivity index (χ3n) is 3.89. The van der Waals surface area contributed by atoms with Crippen molar-refractivity contribution in [3.63, 3.8) is 0 Å². The van der Waals surface area contributed by atoms with Crippen LogP contribution >= 0.6 is 23.2 Å². The van der Waals surface area contributed by atoms with Gasteiger partial charge in [0, 0.05) is 31.8 Å². The van der Waals surface area contributed by atoms with Gasteiger partial charge in [-0.2, -0.15) is 4.31 Å². The van der Waals surface area contributed by atoms with E-state index in [0.717, 1.165) is 6.42 Å². The molecule has 8 heteroatoms. The molecule has 0 aromatic heterocycles. The fourth-order valence-corrected chi connectivity index (χ4v) is 5.15. The summed E-state index contributed by atoms with van der Waals surface area (Å²) in [6.07, 6.45) is 2.66. The first-order valence-corrected chi connectivity index (χ1v) is 9.88. The van der Waals surface area contributed by atoms with Crippen LogP contribution in [0.5, 0.6) is 0 Å². The molecule has 0 N–H and O–H groups in total. The minimum atomic E-state index is -3.79. The topological polar surface area (TPSA) is 57.7 Å². The zero-order valence-electron chi connectivity index (χ0n) is 13.6. The molecule has 1 aliphatic heterocycles. The lowest BCUT2D eigenvalue weighted by Crippen LogP contribution is -2.50. The Morgan fingerprint density at radius 3 is 2.21 bits per heavy atom. The van der Waals surface area contributed by atoms with Gasteiger partial charge >= 0.3 is 0 Å². The average molecular weight is 391 g/mol. The molecule has 1 fully saturated rings. The molecule has 2 rings (SSSR count). The van der Waals surface area contributed by atoms with Crippen molar-refractivity contribution in [2.24, 2.45) is 0 Å². The van der Waals surface area contributed by atoms with Crippen LogP contribution in [0.4, 0.5) is 0 Å². The lowest BCUT2D eigenvalue weighted by atomic mass is 10.2. The number of amides is 1. The van der Waals surface area contributed by atoms with Gasteiger partial charge in [0.05, 0.1) is 10.0 Å². The predicted octanol–water partition coefficient (Wildman–Crippen LogP) is 3.18. The van der Waals surface area contributed by atoms with Crippen molar-refractivity contribution in [3.05, 3.63) is 39.9 Å². The highest BCUT2D eigenvalue weighted by Gasteiger charge is 2.33. The van der Waals surface area contributed by atoms with Gasteiger partial charge < -0.3 is 4.90 Å². The maximum atomic E-state index is 12.8. The summed E-state index contributed by atoms with van der Waals surface area (Å²) in [7, 11) is -3.79. The first kappa shape index (κ1) is 19.2. The van der Waals surface area contributed by atoms with Gasteiger partial charge in [-0.3, -0.25) is 4.79 Å². The van der Waals surface area contributed by atoms with E-state index in [1.54, 1.807) is 17.9 Å². The summed E-state index contributed by atoms with van der Waals surface area (Å²) in [6.45, 7) is 4.86. The van der Waals surface area contributed by atoms with Gasteiger partial charge in [0.15, 0.2) is 0 Å². The molecule has 132 valence electrons. The number of piperazine rings is 1. The smallest absolute Gasteiger partial charge is 0.249 e. The summed E-state index contributed by atoms with van der Waals surface area (Å²) in [6, 6.07) is 4.60. The van der Waals surface area contributed by atoms with Gasteiger partial charge in [-0.25, -0.2) is 8.42 Å². The highest BCUT2D eigenvalue weighted by atomic mass is 35.5. The molecule has 0 saturated carbocycles. The summed E-state index contributed by atoms with van der Waals surface area (Å²) < 4.78 is 26.9. The lowest BCUT2D eigenvalue weighted by Gasteiger charge is -2.34. The molecule has 0 bridgehead atoms. The lowest BCUT2D eigenvalue weighted by molar-refractivity contribution is -0.128. The Morgan fingerprint density at radius 1 is 1.17 bits per heavy atom. The summed E-state index contributed by atoms with van der Waals surface area (Å²) >= 11 is 12.1. The summed E-state index contributed by atoms with van der Waals surface area (Å²) in [5.41, 5.74) is 0.683. The van der Waals surface area contributed by atoms with Crippen LogP contribution in [-0.4, -0.2) is 49.7 Å². The van der Waals surface area contributed by atoms with Crippen LogP contribution in [0.2, 0.25) is 10.0 Å². The van der Waals surface area contributed by atoms with Gasteiger partial charge in [0.2, 0.25) is 15.9 Å². The quantitative estimate of drug-likeness (QED) is 0.741. The van der Waals surface area contributed by atoms with Crippen molar-refractivity contribution in [2.75, 3.05) is 26.2 Å². The third kappa shape index (κ3) is 3.94. The number of carbonyl (C=O) groups is 1. The second-order valence-electron chi connectivity index (χ2n) is 5.54. The van der Waals surface area contributed by atoms with E-state index in [-0.39, 0.29) is 33.9 Å². The SMILES string of the molecule is CC/C=C(/C)C(=O)N1CCN(S(=O)(=O)c2c(Cl)cccc2Cl)CC1. The maximum Gasteiger partial charge on any atom is 0.249 e. The number of halogens is 2. The van der Waals surface area contributed by atoms with E-state index in [1.807, 2.05) is 13.0 Å². The van der Waals surface area contributed by atoms with Crippen LogP contribution in [0.1, 0.15) is 20.3 Å². The molecule has 1 saturated heterocycles. The van der Waals surface area contributed by atoms with Crippen molar-refractivity contribution in [1.82, 2.24) is 9.21 Å². The number of allylic oxidation sites excluding steroid dienone is 1. The Morgan fingerprint density at radius 2 is 1.71 bits per heavy atom. The van der Waals surface area contributed by atoms with E-state index in [4.69, 9.17) is 23.2 Å².